The van der Waals surface area contributed by atoms with Crippen molar-refractivity contribution in [3.63, 3.8) is 0 Å². The number of nitrogens with one attached hydrogen (secondary N) is 1. The number of amides is 1. The first kappa shape index (κ1) is 13.2. The fourth-order valence-corrected chi connectivity index (χ4v) is 2.86. The predicted molar refractivity (Wildman–Crippen MR) is 76.8 cm³/mol. The van der Waals surface area contributed by atoms with Gasteiger partial charge in [0, 0.05) is 47.6 Å². The lowest BCUT2D eigenvalue weighted by molar-refractivity contribution is -0.136. The van der Waals surface area contributed by atoms with E-state index in [9.17, 15) is 9.18 Å². The Hall–Kier alpha value is -1.84. The van der Waals surface area contributed by atoms with Crippen LogP contribution in [0.25, 0.3) is 10.9 Å². The summed E-state index contributed by atoms with van der Waals surface area (Å²) >= 11 is 0. The van der Waals surface area contributed by atoms with Crippen molar-refractivity contribution in [3.8, 4) is 0 Å². The van der Waals surface area contributed by atoms with E-state index in [1.54, 1.807) is 12.1 Å². The number of nitrogens with zero attached hydrogens (tertiary/aromatic N) is 1. The van der Waals surface area contributed by atoms with Crippen LogP contribution in [-0.4, -0.2) is 22.3 Å². The fraction of sp³-hybridized carbons (Fsp3) is 0.438. The van der Waals surface area contributed by atoms with E-state index in [2.05, 4.69) is 4.98 Å². The molecule has 1 atom stereocenters. The minimum absolute atomic E-state index is 0.0542. The number of benzene rings is 1. The third kappa shape index (κ3) is 2.09. The van der Waals surface area contributed by atoms with E-state index in [-0.39, 0.29) is 17.6 Å². The molecule has 0 saturated carbocycles. The molecule has 2 heterocycles. The van der Waals surface area contributed by atoms with Gasteiger partial charge in [-0.2, -0.15) is 0 Å². The molecule has 0 bridgehead atoms. The van der Waals surface area contributed by atoms with Crippen LogP contribution in [0.3, 0.4) is 0 Å². The number of aromatic nitrogens is 1. The summed E-state index contributed by atoms with van der Waals surface area (Å²) < 4.78 is 13.4. The first-order valence-corrected chi connectivity index (χ1v) is 7.18. The van der Waals surface area contributed by atoms with Gasteiger partial charge in [0.25, 0.3) is 0 Å². The molecule has 4 heteroatoms. The summed E-state index contributed by atoms with van der Waals surface area (Å²) in [6, 6.07) is 4.79. The van der Waals surface area contributed by atoms with Crippen molar-refractivity contribution in [1.29, 1.82) is 0 Å². The number of carbonyl (C=O) groups excluding carboxylic acids is 1. The number of fused-ring (bicyclic) bond motifs is 3. The Labute approximate surface area is 117 Å². The van der Waals surface area contributed by atoms with Crippen molar-refractivity contribution in [2.75, 3.05) is 6.54 Å². The second-order valence-electron chi connectivity index (χ2n) is 5.59. The minimum atomic E-state index is -0.232. The van der Waals surface area contributed by atoms with Gasteiger partial charge in [-0.05, 0) is 24.6 Å². The molecule has 2 aromatic rings. The molecule has 1 aliphatic heterocycles. The van der Waals surface area contributed by atoms with Crippen LogP contribution in [0.2, 0.25) is 0 Å². The van der Waals surface area contributed by atoms with E-state index in [0.717, 1.165) is 41.5 Å². The maximum Gasteiger partial charge on any atom is 0.225 e. The van der Waals surface area contributed by atoms with Crippen LogP contribution in [0.4, 0.5) is 4.39 Å². The monoisotopic (exact) mass is 274 g/mol. The van der Waals surface area contributed by atoms with Crippen molar-refractivity contribution in [3.05, 3.63) is 35.3 Å². The summed E-state index contributed by atoms with van der Waals surface area (Å²) in [5.74, 6) is 0.0204. The molecule has 106 valence electrons. The summed E-state index contributed by atoms with van der Waals surface area (Å²) in [6.45, 7) is 5.32. The van der Waals surface area contributed by atoms with E-state index in [1.165, 1.54) is 6.07 Å². The summed E-state index contributed by atoms with van der Waals surface area (Å²) in [7, 11) is 0. The molecule has 1 N–H and O–H groups in total. The number of hydrogen-bond donors (Lipinski definition) is 1. The Kier molecular flexibility index (Phi) is 3.24. The van der Waals surface area contributed by atoms with Crippen LogP contribution in [0.1, 0.15) is 31.5 Å². The number of hydrogen-bond acceptors (Lipinski definition) is 1. The largest absolute Gasteiger partial charge is 0.358 e. The van der Waals surface area contributed by atoms with Gasteiger partial charge in [0.15, 0.2) is 0 Å². The summed E-state index contributed by atoms with van der Waals surface area (Å²) in [5, 5.41) is 0.904. The SMILES string of the molecule is CC[C@H](C)C(=O)N1CCc2[nH]c3ccc(F)cc3c2C1. The number of aromatic amines is 1. The van der Waals surface area contributed by atoms with Gasteiger partial charge < -0.3 is 9.88 Å². The average molecular weight is 274 g/mol. The molecular weight excluding hydrogens is 255 g/mol. The van der Waals surface area contributed by atoms with E-state index >= 15 is 0 Å². The number of halogens is 1. The van der Waals surface area contributed by atoms with E-state index in [0.29, 0.717) is 6.54 Å². The average Bonchev–Trinajstić information content (AvgIpc) is 2.82. The Morgan fingerprint density at radius 1 is 1.50 bits per heavy atom. The number of rotatable bonds is 2. The van der Waals surface area contributed by atoms with Crippen LogP contribution in [-0.2, 0) is 17.8 Å². The van der Waals surface area contributed by atoms with Crippen molar-refractivity contribution < 1.29 is 9.18 Å². The molecule has 3 rings (SSSR count). The maximum atomic E-state index is 13.4. The van der Waals surface area contributed by atoms with Gasteiger partial charge in [0.1, 0.15) is 5.82 Å². The Morgan fingerprint density at radius 2 is 2.30 bits per heavy atom. The zero-order valence-corrected chi connectivity index (χ0v) is 11.9. The molecule has 0 unspecified atom stereocenters. The third-order valence-corrected chi connectivity index (χ3v) is 4.28. The Morgan fingerprint density at radius 3 is 3.05 bits per heavy atom. The highest BCUT2D eigenvalue weighted by Crippen LogP contribution is 2.29. The molecule has 0 radical (unpaired) electrons. The van der Waals surface area contributed by atoms with Gasteiger partial charge in [0.05, 0.1) is 0 Å². The van der Waals surface area contributed by atoms with Crippen molar-refractivity contribution in [2.45, 2.75) is 33.2 Å². The van der Waals surface area contributed by atoms with Crippen LogP contribution in [0, 0.1) is 11.7 Å². The minimum Gasteiger partial charge on any atom is -0.358 e. The van der Waals surface area contributed by atoms with Gasteiger partial charge in [-0.15, -0.1) is 0 Å². The standard InChI is InChI=1S/C16H19FN2O/c1-3-10(2)16(20)19-7-6-15-13(9-19)12-8-11(17)4-5-14(12)18-15/h4-5,8,10,18H,3,6-7,9H2,1-2H3/t10-/m0/s1. The molecule has 0 spiro atoms. The smallest absolute Gasteiger partial charge is 0.225 e. The lowest BCUT2D eigenvalue weighted by Crippen LogP contribution is -2.38. The zero-order chi connectivity index (χ0) is 14.3. The maximum absolute atomic E-state index is 13.4. The summed E-state index contributed by atoms with van der Waals surface area (Å²) in [5.41, 5.74) is 3.16. The second kappa shape index (κ2) is 4.93. The Bertz CT molecular complexity index is 662. The highest BCUT2D eigenvalue weighted by atomic mass is 19.1. The molecule has 20 heavy (non-hydrogen) atoms. The van der Waals surface area contributed by atoms with Crippen molar-refractivity contribution in [1.82, 2.24) is 9.88 Å². The van der Waals surface area contributed by atoms with Gasteiger partial charge in [0.2, 0.25) is 5.91 Å². The van der Waals surface area contributed by atoms with E-state index in [4.69, 9.17) is 0 Å². The van der Waals surface area contributed by atoms with E-state index in [1.807, 2.05) is 18.7 Å². The lowest BCUT2D eigenvalue weighted by Gasteiger charge is -2.29. The fourth-order valence-electron chi connectivity index (χ4n) is 2.86. The quantitative estimate of drug-likeness (QED) is 0.896. The van der Waals surface area contributed by atoms with Crippen LogP contribution in [0.5, 0.6) is 0 Å². The van der Waals surface area contributed by atoms with Crippen LogP contribution >= 0.6 is 0 Å². The molecule has 1 aromatic carbocycles. The molecule has 0 aliphatic carbocycles. The Balaban J connectivity index is 1.96. The molecular formula is C16H19FN2O. The number of H-pyrrole nitrogens is 1. The molecule has 1 aliphatic rings. The first-order chi connectivity index (χ1) is 9.60. The first-order valence-electron chi connectivity index (χ1n) is 7.18. The summed E-state index contributed by atoms with van der Waals surface area (Å²) in [6.07, 6.45) is 1.67. The predicted octanol–water partition coefficient (Wildman–Crippen LogP) is 3.24. The normalized spacial score (nSPS) is 16.2. The van der Waals surface area contributed by atoms with Crippen LogP contribution < -0.4 is 0 Å². The molecule has 1 amide bonds. The topological polar surface area (TPSA) is 36.1 Å². The van der Waals surface area contributed by atoms with Gasteiger partial charge in [-0.1, -0.05) is 13.8 Å². The van der Waals surface area contributed by atoms with E-state index < -0.39 is 0 Å². The molecule has 0 saturated heterocycles. The molecule has 3 nitrogen and oxygen atoms in total. The molecule has 1 aromatic heterocycles. The van der Waals surface area contributed by atoms with Crippen molar-refractivity contribution >= 4 is 16.8 Å². The van der Waals surface area contributed by atoms with Gasteiger partial charge >= 0.3 is 0 Å². The highest BCUT2D eigenvalue weighted by molar-refractivity contribution is 5.86. The lowest BCUT2D eigenvalue weighted by atomic mass is 10.0. The summed E-state index contributed by atoms with van der Waals surface area (Å²) in [4.78, 5) is 17.5. The highest BCUT2D eigenvalue weighted by Gasteiger charge is 2.26. The third-order valence-electron chi connectivity index (χ3n) is 4.28. The number of carbonyl (C=O) groups is 1. The van der Waals surface area contributed by atoms with Gasteiger partial charge in [-0.3, -0.25) is 4.79 Å². The molecule has 0 fully saturated rings. The second-order valence-corrected chi connectivity index (χ2v) is 5.59. The van der Waals surface area contributed by atoms with Crippen LogP contribution in [0.15, 0.2) is 18.2 Å². The zero-order valence-electron chi connectivity index (χ0n) is 11.9. The van der Waals surface area contributed by atoms with Crippen molar-refractivity contribution in [2.24, 2.45) is 5.92 Å². The van der Waals surface area contributed by atoms with Gasteiger partial charge in [-0.25, -0.2) is 4.39 Å².